The summed E-state index contributed by atoms with van der Waals surface area (Å²) in [7, 11) is 6.91. The van der Waals surface area contributed by atoms with E-state index in [4.69, 9.17) is 28.3 Å². The second-order valence-electron chi connectivity index (χ2n) is 9.19. The maximum Gasteiger partial charge on any atom is 0.287 e. The monoisotopic (exact) mass is 556 g/mol. The summed E-state index contributed by atoms with van der Waals surface area (Å²) < 4.78 is 27.4. The van der Waals surface area contributed by atoms with E-state index in [9.17, 15) is 4.79 Å². The Balaban J connectivity index is 1.36. The highest BCUT2D eigenvalue weighted by atomic mass is 32.2. The SMILES string of the molecule is COCc1cc(N(C)CCc2ccc(OC)c(OC)c2)nc(SCc2ccc(C(=O)NC[C@@H]3CCCO3)o2)n1. The lowest BCUT2D eigenvalue weighted by molar-refractivity contribution is 0.0834. The lowest BCUT2D eigenvalue weighted by atomic mass is 10.1. The fourth-order valence-corrected chi connectivity index (χ4v) is 4.97. The molecule has 2 aromatic heterocycles. The van der Waals surface area contributed by atoms with Crippen LogP contribution in [0.4, 0.5) is 5.82 Å². The van der Waals surface area contributed by atoms with Crippen molar-refractivity contribution in [3.8, 4) is 11.5 Å². The van der Waals surface area contributed by atoms with Gasteiger partial charge >= 0.3 is 0 Å². The molecule has 1 aliphatic rings. The van der Waals surface area contributed by atoms with Crippen molar-refractivity contribution in [2.75, 3.05) is 53.0 Å². The van der Waals surface area contributed by atoms with E-state index in [1.54, 1.807) is 27.4 Å². The number of nitrogens with zero attached hydrogens (tertiary/aromatic N) is 3. The summed E-state index contributed by atoms with van der Waals surface area (Å²) in [5.41, 5.74) is 1.92. The Bertz CT molecular complexity index is 1230. The van der Waals surface area contributed by atoms with E-state index in [0.717, 1.165) is 49.5 Å². The summed E-state index contributed by atoms with van der Waals surface area (Å²) >= 11 is 1.45. The fourth-order valence-electron chi connectivity index (χ4n) is 4.20. The van der Waals surface area contributed by atoms with E-state index in [1.807, 2.05) is 37.4 Å². The van der Waals surface area contributed by atoms with Gasteiger partial charge in [-0.1, -0.05) is 17.8 Å². The third kappa shape index (κ3) is 8.11. The number of hydrogen-bond donors (Lipinski definition) is 1. The first-order valence-corrected chi connectivity index (χ1v) is 13.9. The molecule has 0 saturated carbocycles. The lowest BCUT2D eigenvalue weighted by Gasteiger charge is -2.20. The minimum absolute atomic E-state index is 0.0850. The van der Waals surface area contributed by atoms with Gasteiger partial charge < -0.3 is 33.6 Å². The molecule has 3 heterocycles. The normalized spacial score (nSPS) is 14.8. The van der Waals surface area contributed by atoms with Crippen LogP contribution in [0.3, 0.4) is 0 Å². The molecule has 0 unspecified atom stereocenters. The summed E-state index contributed by atoms with van der Waals surface area (Å²) in [5, 5.41) is 3.49. The van der Waals surface area contributed by atoms with Crippen LogP contribution in [-0.2, 0) is 28.3 Å². The van der Waals surface area contributed by atoms with Gasteiger partial charge in [0.25, 0.3) is 5.91 Å². The second kappa shape index (κ2) is 14.2. The van der Waals surface area contributed by atoms with Gasteiger partial charge in [-0.15, -0.1) is 0 Å². The van der Waals surface area contributed by atoms with Crippen LogP contribution in [0.2, 0.25) is 0 Å². The van der Waals surface area contributed by atoms with Crippen molar-refractivity contribution in [3.63, 3.8) is 0 Å². The van der Waals surface area contributed by atoms with E-state index in [2.05, 4.69) is 15.2 Å². The van der Waals surface area contributed by atoms with Gasteiger partial charge in [-0.2, -0.15) is 0 Å². The average Bonchev–Trinajstić information content (AvgIpc) is 3.66. The van der Waals surface area contributed by atoms with Gasteiger partial charge in [0.1, 0.15) is 11.6 Å². The number of ether oxygens (including phenoxy) is 4. The van der Waals surface area contributed by atoms with Gasteiger partial charge in [0, 0.05) is 39.9 Å². The first kappa shape index (κ1) is 28.7. The number of aromatic nitrogens is 2. The van der Waals surface area contributed by atoms with E-state index >= 15 is 0 Å². The number of likely N-dealkylation sites (N-methyl/N-ethyl adjacent to an activating group) is 1. The number of methoxy groups -OCH3 is 3. The molecule has 1 amide bonds. The maximum atomic E-state index is 12.4. The topological polar surface area (TPSA) is 108 Å². The Morgan fingerprint density at radius 1 is 1.13 bits per heavy atom. The third-order valence-electron chi connectivity index (χ3n) is 6.36. The molecule has 10 nitrogen and oxygen atoms in total. The van der Waals surface area contributed by atoms with Crippen LogP contribution < -0.4 is 19.7 Å². The summed E-state index contributed by atoms with van der Waals surface area (Å²) in [5.74, 6) is 3.43. The largest absolute Gasteiger partial charge is 0.493 e. The van der Waals surface area contributed by atoms with Crippen LogP contribution in [0.15, 0.2) is 46.0 Å². The van der Waals surface area contributed by atoms with Crippen LogP contribution in [-0.4, -0.2) is 70.1 Å². The standard InChI is InChI=1S/C28H36N4O6S/c1-32(12-11-19-7-9-23(35-3)25(14-19)36-4)26-15-20(17-34-2)30-28(31-26)39-18-22-8-10-24(38-22)27(33)29-16-21-6-5-13-37-21/h7-10,14-15,21H,5-6,11-13,16-18H2,1-4H3,(H,29,33)/t21-/m0/s1. The van der Waals surface area contributed by atoms with Crippen molar-refractivity contribution >= 4 is 23.5 Å². The number of hydrogen-bond acceptors (Lipinski definition) is 10. The Morgan fingerprint density at radius 2 is 1.97 bits per heavy atom. The highest BCUT2D eigenvalue weighted by Crippen LogP contribution is 2.28. The van der Waals surface area contributed by atoms with Crippen LogP contribution >= 0.6 is 11.8 Å². The molecule has 1 saturated heterocycles. The molecule has 0 radical (unpaired) electrons. The predicted octanol–water partition coefficient (Wildman–Crippen LogP) is 4.11. The Morgan fingerprint density at radius 3 is 2.72 bits per heavy atom. The molecule has 1 aromatic carbocycles. The predicted molar refractivity (Wildman–Crippen MR) is 149 cm³/mol. The lowest BCUT2D eigenvalue weighted by Crippen LogP contribution is -2.31. The quantitative estimate of drug-likeness (QED) is 0.230. The van der Waals surface area contributed by atoms with E-state index in [1.165, 1.54) is 11.8 Å². The van der Waals surface area contributed by atoms with Gasteiger partial charge in [-0.3, -0.25) is 4.79 Å². The van der Waals surface area contributed by atoms with E-state index in [0.29, 0.717) is 41.3 Å². The Kier molecular flexibility index (Phi) is 10.5. The molecule has 210 valence electrons. The molecular formula is C28H36N4O6S. The number of rotatable bonds is 14. The fraction of sp³-hybridized carbons (Fsp3) is 0.464. The number of anilines is 1. The third-order valence-corrected chi connectivity index (χ3v) is 7.23. The Hall–Kier alpha value is -3.28. The molecule has 0 spiro atoms. The van der Waals surface area contributed by atoms with Crippen molar-refractivity contribution in [1.29, 1.82) is 0 Å². The number of carbonyl (C=O) groups is 1. The average molecular weight is 557 g/mol. The molecule has 0 aliphatic carbocycles. The first-order chi connectivity index (χ1) is 19.0. The minimum atomic E-state index is -0.238. The van der Waals surface area contributed by atoms with Gasteiger partial charge in [0.05, 0.1) is 38.4 Å². The van der Waals surface area contributed by atoms with Gasteiger partial charge in [0.2, 0.25) is 0 Å². The van der Waals surface area contributed by atoms with Crippen molar-refractivity contribution in [3.05, 3.63) is 59.2 Å². The van der Waals surface area contributed by atoms with Crippen molar-refractivity contribution < 1.29 is 28.2 Å². The van der Waals surface area contributed by atoms with Crippen LogP contribution in [0.1, 0.15) is 40.4 Å². The highest BCUT2D eigenvalue weighted by Gasteiger charge is 2.18. The number of nitrogens with one attached hydrogen (secondary N) is 1. The summed E-state index contributed by atoms with van der Waals surface area (Å²) in [4.78, 5) is 23.9. The number of amides is 1. The zero-order valence-electron chi connectivity index (χ0n) is 22.9. The van der Waals surface area contributed by atoms with E-state index < -0.39 is 0 Å². The molecule has 0 bridgehead atoms. The van der Waals surface area contributed by atoms with Gasteiger partial charge in [-0.25, -0.2) is 9.97 Å². The molecule has 1 fully saturated rings. The number of carbonyl (C=O) groups excluding carboxylic acids is 1. The summed E-state index contributed by atoms with van der Waals surface area (Å²) in [6.07, 6.45) is 2.89. The van der Waals surface area contributed by atoms with Crippen LogP contribution in [0.25, 0.3) is 0 Å². The molecule has 11 heteroatoms. The number of benzene rings is 1. The van der Waals surface area contributed by atoms with E-state index in [-0.39, 0.29) is 17.8 Å². The van der Waals surface area contributed by atoms with Crippen molar-refractivity contribution in [2.45, 2.75) is 42.9 Å². The Labute approximate surface area is 233 Å². The van der Waals surface area contributed by atoms with Gasteiger partial charge in [-0.05, 0) is 49.1 Å². The highest BCUT2D eigenvalue weighted by molar-refractivity contribution is 7.98. The molecule has 1 N–H and O–H groups in total. The van der Waals surface area contributed by atoms with Crippen molar-refractivity contribution in [1.82, 2.24) is 15.3 Å². The van der Waals surface area contributed by atoms with Crippen LogP contribution in [0, 0.1) is 0 Å². The maximum absolute atomic E-state index is 12.4. The molecule has 39 heavy (non-hydrogen) atoms. The molecule has 1 aliphatic heterocycles. The number of furan rings is 1. The van der Waals surface area contributed by atoms with Gasteiger partial charge in [0.15, 0.2) is 22.4 Å². The minimum Gasteiger partial charge on any atom is -0.493 e. The summed E-state index contributed by atoms with van der Waals surface area (Å²) in [6, 6.07) is 11.4. The smallest absolute Gasteiger partial charge is 0.287 e. The molecule has 3 aromatic rings. The molecule has 4 rings (SSSR count). The van der Waals surface area contributed by atoms with Crippen molar-refractivity contribution in [2.24, 2.45) is 0 Å². The summed E-state index contributed by atoms with van der Waals surface area (Å²) in [6.45, 7) is 2.37. The number of thioether (sulfide) groups is 1. The first-order valence-electron chi connectivity index (χ1n) is 12.9. The molecular weight excluding hydrogens is 520 g/mol. The van der Waals surface area contributed by atoms with Crippen LogP contribution in [0.5, 0.6) is 11.5 Å². The molecule has 1 atom stereocenters. The zero-order chi connectivity index (χ0) is 27.6. The second-order valence-corrected chi connectivity index (χ2v) is 10.1. The zero-order valence-corrected chi connectivity index (χ0v) is 23.7.